The molecule has 39 heavy (non-hydrogen) atoms. The Balaban J connectivity index is 0.000000743. The first kappa shape index (κ1) is 37.8. The molecule has 0 saturated heterocycles. The number of halogens is 3. The molecular formula is C35H42Cl3Zr-3. The molecule has 0 aliphatic heterocycles. The minimum atomic E-state index is 0. The van der Waals surface area contributed by atoms with Crippen molar-refractivity contribution in [3.8, 4) is 11.1 Å². The molecule has 0 radical (unpaired) electrons. The van der Waals surface area contributed by atoms with Gasteiger partial charge in [0.1, 0.15) is 0 Å². The van der Waals surface area contributed by atoms with Gasteiger partial charge in [0.05, 0.1) is 0 Å². The summed E-state index contributed by atoms with van der Waals surface area (Å²) in [7, 11) is 0. The third-order valence-corrected chi connectivity index (χ3v) is 6.57. The zero-order valence-electron chi connectivity index (χ0n) is 24.6. The standard InChI is InChI=1S/C23H29.C6H4Cl.C5H5.CH2.2ClH.Zr/c1-14-9-16-11-17-10-15(2)21(23(6,7)8)13-19(17)18(16)12-20(14)22(3,4)5;7-6-4-2-1-3-5-6;1-2-4-5-3-1;;;;/h9,12-13H,11H2,1-8H3;1-2,4-5H;1-3H,4H2;1H2;2*1H;/q3*-1;;;;. The SMILES string of the molecule is Cc1[c-]c2c(cc1C(C)(C)C)-c1cc(C(C)(C)C)c(C)cc1C2.Cl.Cl.Clc1c[c-]ccc1.[C-]1=CC=CC1.[CH2]=[Zr]. The summed E-state index contributed by atoms with van der Waals surface area (Å²) in [6, 6.07) is 21.0. The predicted molar refractivity (Wildman–Crippen MR) is 174 cm³/mol. The maximum atomic E-state index is 5.51. The van der Waals surface area contributed by atoms with Crippen molar-refractivity contribution < 1.29 is 24.2 Å². The molecule has 0 fully saturated rings. The van der Waals surface area contributed by atoms with Gasteiger partial charge in [0, 0.05) is 0 Å². The quantitative estimate of drug-likeness (QED) is 0.165. The van der Waals surface area contributed by atoms with Crippen LogP contribution in [0, 0.1) is 32.1 Å². The summed E-state index contributed by atoms with van der Waals surface area (Å²) >= 11 is 6.81. The molecule has 3 aromatic carbocycles. The zero-order chi connectivity index (χ0) is 27.8. The Bertz CT molecular complexity index is 1170. The van der Waals surface area contributed by atoms with E-state index in [2.05, 4.69) is 102 Å². The van der Waals surface area contributed by atoms with Crippen molar-refractivity contribution in [3.05, 3.63) is 117 Å². The van der Waals surface area contributed by atoms with Crippen LogP contribution in [-0.2, 0) is 41.5 Å². The molecule has 0 aromatic heterocycles. The summed E-state index contributed by atoms with van der Waals surface area (Å²) in [5.74, 6) is 0. The molecule has 0 heterocycles. The molecule has 2 aliphatic carbocycles. The molecule has 0 amide bonds. The summed E-state index contributed by atoms with van der Waals surface area (Å²) in [6.07, 6.45) is 11.0. The molecule has 0 nitrogen and oxygen atoms in total. The third-order valence-electron chi connectivity index (χ3n) is 6.33. The number of hydrogen-bond acceptors (Lipinski definition) is 0. The summed E-state index contributed by atoms with van der Waals surface area (Å²) in [5, 5.41) is 0.738. The van der Waals surface area contributed by atoms with Crippen LogP contribution < -0.4 is 0 Å². The molecule has 2 aliphatic rings. The molecule has 0 saturated carbocycles. The first-order valence-electron chi connectivity index (χ1n) is 12.8. The van der Waals surface area contributed by atoms with E-state index in [4.69, 9.17) is 11.6 Å². The second kappa shape index (κ2) is 16.9. The monoisotopic (exact) mass is 657 g/mol. The Morgan fingerprint density at radius 2 is 1.51 bits per heavy atom. The first-order chi connectivity index (χ1) is 17.4. The van der Waals surface area contributed by atoms with Crippen LogP contribution in [0.15, 0.2) is 60.7 Å². The van der Waals surface area contributed by atoms with Gasteiger partial charge in [-0.3, -0.25) is 6.08 Å². The van der Waals surface area contributed by atoms with Gasteiger partial charge in [-0.1, -0.05) is 76.6 Å². The van der Waals surface area contributed by atoms with Crippen molar-refractivity contribution in [3.63, 3.8) is 0 Å². The van der Waals surface area contributed by atoms with Gasteiger partial charge in [0.2, 0.25) is 0 Å². The van der Waals surface area contributed by atoms with E-state index in [1.54, 1.807) is 6.07 Å². The fraction of sp³-hybridized carbons (Fsp3) is 0.343. The van der Waals surface area contributed by atoms with E-state index >= 15 is 0 Å². The van der Waals surface area contributed by atoms with Gasteiger partial charge < -0.3 is 0 Å². The molecule has 210 valence electrons. The molecule has 0 unspecified atom stereocenters. The van der Waals surface area contributed by atoms with Crippen molar-refractivity contribution in [2.24, 2.45) is 0 Å². The average Bonchev–Trinajstić information content (AvgIpc) is 3.50. The topological polar surface area (TPSA) is 0 Å². The number of rotatable bonds is 0. The zero-order valence-corrected chi connectivity index (χ0v) is 29.4. The Labute approximate surface area is 270 Å². The molecule has 0 spiro atoms. The fourth-order valence-corrected chi connectivity index (χ4v) is 4.87. The summed E-state index contributed by atoms with van der Waals surface area (Å²) in [5.41, 5.74) is 11.6. The van der Waals surface area contributed by atoms with Gasteiger partial charge >= 0.3 is 28.4 Å². The fourth-order valence-electron chi connectivity index (χ4n) is 4.73. The van der Waals surface area contributed by atoms with E-state index in [1.165, 1.54) is 68.7 Å². The van der Waals surface area contributed by atoms with Gasteiger partial charge in [-0.15, -0.1) is 47.9 Å². The Kier molecular flexibility index (Phi) is 16.4. The van der Waals surface area contributed by atoms with Crippen LogP contribution in [0.2, 0.25) is 5.02 Å². The van der Waals surface area contributed by atoms with Crippen molar-refractivity contribution in [2.45, 2.75) is 79.1 Å². The first-order valence-corrected chi connectivity index (χ1v) is 14.9. The minimum absolute atomic E-state index is 0. The van der Waals surface area contributed by atoms with Crippen molar-refractivity contribution in [1.82, 2.24) is 0 Å². The van der Waals surface area contributed by atoms with E-state index in [0.717, 1.165) is 17.9 Å². The summed E-state index contributed by atoms with van der Waals surface area (Å²) < 4.78 is 3.34. The van der Waals surface area contributed by atoms with Crippen LogP contribution in [0.1, 0.15) is 81.3 Å². The van der Waals surface area contributed by atoms with Gasteiger partial charge in [-0.2, -0.15) is 65.7 Å². The molecular weight excluding hydrogens is 618 g/mol. The Morgan fingerprint density at radius 1 is 0.897 bits per heavy atom. The number of fused-ring (bicyclic) bond motifs is 3. The Hall–Kier alpha value is -1.24. The average molecular weight is 660 g/mol. The van der Waals surface area contributed by atoms with E-state index in [-0.39, 0.29) is 35.6 Å². The Morgan fingerprint density at radius 3 is 1.92 bits per heavy atom. The predicted octanol–water partition coefficient (Wildman–Crippen LogP) is 10.5. The number of aryl methyl sites for hydroxylation is 2. The molecule has 0 N–H and O–H groups in total. The van der Waals surface area contributed by atoms with Crippen LogP contribution in [0.4, 0.5) is 0 Å². The molecule has 5 rings (SSSR count). The second-order valence-electron chi connectivity index (χ2n) is 11.4. The van der Waals surface area contributed by atoms with E-state index in [0.29, 0.717) is 0 Å². The van der Waals surface area contributed by atoms with Gasteiger partial charge in [0.15, 0.2) is 0 Å². The second-order valence-corrected chi connectivity index (χ2v) is 11.9. The third kappa shape index (κ3) is 10.9. The molecule has 3 aromatic rings. The van der Waals surface area contributed by atoms with E-state index in [1.807, 2.05) is 30.4 Å². The van der Waals surface area contributed by atoms with Crippen molar-refractivity contribution >= 4 is 40.6 Å². The van der Waals surface area contributed by atoms with Crippen LogP contribution in [0.25, 0.3) is 11.1 Å². The van der Waals surface area contributed by atoms with E-state index < -0.39 is 0 Å². The van der Waals surface area contributed by atoms with Crippen molar-refractivity contribution in [1.29, 1.82) is 0 Å². The number of allylic oxidation sites excluding steroid dienone is 4. The number of hydrogen-bond donors (Lipinski definition) is 0. The van der Waals surface area contributed by atoms with Crippen LogP contribution in [0.5, 0.6) is 0 Å². The number of benzene rings is 3. The van der Waals surface area contributed by atoms with E-state index in [9.17, 15) is 0 Å². The maximum absolute atomic E-state index is 5.51. The molecule has 0 bridgehead atoms. The van der Waals surface area contributed by atoms with Crippen LogP contribution >= 0.6 is 36.4 Å². The van der Waals surface area contributed by atoms with Crippen molar-refractivity contribution in [2.75, 3.05) is 0 Å². The van der Waals surface area contributed by atoms with Crippen LogP contribution in [-0.4, -0.2) is 4.21 Å². The van der Waals surface area contributed by atoms with Gasteiger partial charge in [-0.05, 0) is 35.4 Å². The van der Waals surface area contributed by atoms with Gasteiger partial charge in [-0.25, -0.2) is 12.2 Å². The summed E-state index contributed by atoms with van der Waals surface area (Å²) in [4.78, 5) is 0. The molecule has 4 heteroatoms. The van der Waals surface area contributed by atoms with Gasteiger partial charge in [0.25, 0.3) is 0 Å². The normalized spacial score (nSPS) is 12.1. The van der Waals surface area contributed by atoms with Crippen LogP contribution in [0.3, 0.4) is 0 Å². The molecule has 0 atom stereocenters. The summed E-state index contributed by atoms with van der Waals surface area (Å²) in [6.45, 7) is 18.2.